The van der Waals surface area contributed by atoms with Crippen molar-refractivity contribution in [3.8, 4) is 17.2 Å². The van der Waals surface area contributed by atoms with Crippen molar-refractivity contribution in [1.82, 2.24) is 10.6 Å². The standard InChI is InChI=1S/C25H24ClFN4O/c1-29-12-11-21(16-30-25(32)31-22-9-10-24(27)23(26)14-22)19-7-5-18(6-8-19)20-4-2-3-17(13-20)15-28/h2-10,13-14,21,29H,11-12,16H2,1H3,(H2,30,31,32). The molecule has 3 N–H and O–H groups in total. The van der Waals surface area contributed by atoms with Crippen LogP contribution in [0.2, 0.25) is 5.02 Å². The zero-order chi connectivity index (χ0) is 22.9. The van der Waals surface area contributed by atoms with Crippen LogP contribution in [0.4, 0.5) is 14.9 Å². The molecule has 5 nitrogen and oxygen atoms in total. The lowest BCUT2D eigenvalue weighted by Crippen LogP contribution is -2.33. The zero-order valence-corrected chi connectivity index (χ0v) is 18.4. The first-order chi connectivity index (χ1) is 15.5. The van der Waals surface area contributed by atoms with Crippen LogP contribution in [-0.4, -0.2) is 26.2 Å². The molecule has 0 radical (unpaired) electrons. The number of benzene rings is 3. The highest BCUT2D eigenvalue weighted by Gasteiger charge is 2.14. The predicted octanol–water partition coefficient (Wildman–Crippen LogP) is 5.53. The van der Waals surface area contributed by atoms with Crippen molar-refractivity contribution < 1.29 is 9.18 Å². The number of nitriles is 1. The highest BCUT2D eigenvalue weighted by Crippen LogP contribution is 2.25. The number of hydrogen-bond donors (Lipinski definition) is 3. The van der Waals surface area contributed by atoms with Crippen LogP contribution in [0, 0.1) is 17.1 Å². The maximum atomic E-state index is 13.3. The summed E-state index contributed by atoms with van der Waals surface area (Å²) in [4.78, 5) is 12.3. The van der Waals surface area contributed by atoms with E-state index in [1.54, 1.807) is 6.07 Å². The number of carbonyl (C=O) groups excluding carboxylic acids is 1. The zero-order valence-electron chi connectivity index (χ0n) is 17.7. The van der Waals surface area contributed by atoms with Gasteiger partial charge in [0.05, 0.1) is 16.7 Å². The lowest BCUT2D eigenvalue weighted by atomic mass is 9.93. The summed E-state index contributed by atoms with van der Waals surface area (Å²) in [5.41, 5.74) is 4.15. The van der Waals surface area contributed by atoms with E-state index in [1.165, 1.54) is 18.2 Å². The molecule has 1 atom stereocenters. The SMILES string of the molecule is CNCCC(CNC(=O)Nc1ccc(F)c(Cl)c1)c1ccc(-c2cccc(C#N)c2)cc1. The molecule has 3 rings (SSSR count). The third-order valence-electron chi connectivity index (χ3n) is 5.14. The van der Waals surface area contributed by atoms with Gasteiger partial charge in [0.2, 0.25) is 0 Å². The summed E-state index contributed by atoms with van der Waals surface area (Å²) >= 11 is 5.77. The number of amides is 2. The molecule has 0 aliphatic rings. The van der Waals surface area contributed by atoms with E-state index in [0.29, 0.717) is 17.8 Å². The maximum absolute atomic E-state index is 13.3. The van der Waals surface area contributed by atoms with Crippen LogP contribution in [0.25, 0.3) is 11.1 Å². The molecule has 0 saturated carbocycles. The number of carbonyl (C=O) groups is 1. The summed E-state index contributed by atoms with van der Waals surface area (Å²) in [7, 11) is 1.89. The average molecular weight is 451 g/mol. The van der Waals surface area contributed by atoms with E-state index in [4.69, 9.17) is 16.9 Å². The predicted molar refractivity (Wildman–Crippen MR) is 126 cm³/mol. The Hall–Kier alpha value is -3.40. The molecule has 32 heavy (non-hydrogen) atoms. The minimum atomic E-state index is -0.535. The lowest BCUT2D eigenvalue weighted by molar-refractivity contribution is 0.251. The fourth-order valence-electron chi connectivity index (χ4n) is 3.39. The Morgan fingerprint density at radius 2 is 1.88 bits per heavy atom. The molecule has 0 aromatic heterocycles. The Labute approximate surface area is 192 Å². The van der Waals surface area contributed by atoms with E-state index in [2.05, 4.69) is 22.0 Å². The quantitative estimate of drug-likeness (QED) is 0.422. The van der Waals surface area contributed by atoms with Crippen LogP contribution in [0.1, 0.15) is 23.5 Å². The van der Waals surface area contributed by atoms with Gasteiger partial charge in [-0.3, -0.25) is 0 Å². The minimum absolute atomic E-state index is 0.0462. The molecule has 0 aliphatic heterocycles. The average Bonchev–Trinajstić information content (AvgIpc) is 2.82. The van der Waals surface area contributed by atoms with Gasteiger partial charge in [0.15, 0.2) is 0 Å². The van der Waals surface area contributed by atoms with E-state index < -0.39 is 5.82 Å². The van der Waals surface area contributed by atoms with Gasteiger partial charge < -0.3 is 16.0 Å². The van der Waals surface area contributed by atoms with Gasteiger partial charge in [0.1, 0.15) is 5.82 Å². The van der Waals surface area contributed by atoms with E-state index >= 15 is 0 Å². The van der Waals surface area contributed by atoms with Crippen molar-refractivity contribution in [2.45, 2.75) is 12.3 Å². The van der Waals surface area contributed by atoms with Gasteiger partial charge >= 0.3 is 6.03 Å². The van der Waals surface area contributed by atoms with Gasteiger partial charge in [-0.25, -0.2) is 9.18 Å². The smallest absolute Gasteiger partial charge is 0.319 e. The summed E-state index contributed by atoms with van der Waals surface area (Å²) < 4.78 is 13.3. The van der Waals surface area contributed by atoms with E-state index in [-0.39, 0.29) is 17.0 Å². The molecule has 0 saturated heterocycles. The van der Waals surface area contributed by atoms with Crippen LogP contribution < -0.4 is 16.0 Å². The Morgan fingerprint density at radius 3 is 2.56 bits per heavy atom. The highest BCUT2D eigenvalue weighted by molar-refractivity contribution is 6.31. The van der Waals surface area contributed by atoms with Gasteiger partial charge in [0.25, 0.3) is 0 Å². The maximum Gasteiger partial charge on any atom is 0.319 e. The Kier molecular flexibility index (Phi) is 8.20. The van der Waals surface area contributed by atoms with Crippen molar-refractivity contribution in [1.29, 1.82) is 5.26 Å². The third kappa shape index (κ3) is 6.30. The number of rotatable bonds is 8. The van der Waals surface area contributed by atoms with E-state index in [9.17, 15) is 9.18 Å². The van der Waals surface area contributed by atoms with E-state index in [0.717, 1.165) is 29.7 Å². The first-order valence-corrected chi connectivity index (χ1v) is 10.6. The summed E-state index contributed by atoms with van der Waals surface area (Å²) in [5.74, 6) is -0.433. The van der Waals surface area contributed by atoms with Crippen molar-refractivity contribution in [2.75, 3.05) is 25.5 Å². The number of nitrogens with zero attached hydrogens (tertiary/aromatic N) is 1. The molecule has 7 heteroatoms. The normalized spacial score (nSPS) is 11.4. The van der Waals surface area contributed by atoms with Crippen molar-refractivity contribution in [2.24, 2.45) is 0 Å². The number of urea groups is 1. The second-order valence-corrected chi connectivity index (χ2v) is 7.77. The number of nitrogens with one attached hydrogen (secondary N) is 3. The Bertz CT molecular complexity index is 1110. The number of halogens is 2. The minimum Gasteiger partial charge on any atom is -0.337 e. The second kappa shape index (κ2) is 11.3. The summed E-state index contributed by atoms with van der Waals surface area (Å²) in [6.45, 7) is 1.24. The van der Waals surface area contributed by atoms with Gasteiger partial charge in [0, 0.05) is 18.2 Å². The molecule has 164 valence electrons. The van der Waals surface area contributed by atoms with Crippen LogP contribution >= 0.6 is 11.6 Å². The molecule has 3 aromatic carbocycles. The van der Waals surface area contributed by atoms with Crippen molar-refractivity contribution >= 4 is 23.3 Å². The van der Waals surface area contributed by atoms with Crippen LogP contribution in [0.15, 0.2) is 66.7 Å². The molecule has 2 amide bonds. The fraction of sp³-hybridized carbons (Fsp3) is 0.200. The molecule has 0 spiro atoms. The summed E-state index contributed by atoms with van der Waals surface area (Å²) in [6, 6.07) is 21.5. The van der Waals surface area contributed by atoms with E-state index in [1.807, 2.05) is 49.5 Å². The molecule has 0 fully saturated rings. The molecule has 3 aromatic rings. The Balaban J connectivity index is 1.66. The molecule has 1 unspecified atom stereocenters. The van der Waals surface area contributed by atoms with Crippen molar-refractivity contribution in [3.05, 3.63) is 88.7 Å². The first-order valence-electron chi connectivity index (χ1n) is 10.2. The van der Waals surface area contributed by atoms with Crippen LogP contribution in [0.5, 0.6) is 0 Å². The lowest BCUT2D eigenvalue weighted by Gasteiger charge is -2.19. The first kappa shape index (κ1) is 23.3. The number of hydrogen-bond acceptors (Lipinski definition) is 3. The van der Waals surface area contributed by atoms with Crippen molar-refractivity contribution in [3.63, 3.8) is 0 Å². The molecule has 0 bridgehead atoms. The monoisotopic (exact) mass is 450 g/mol. The van der Waals surface area contributed by atoms with Gasteiger partial charge in [-0.15, -0.1) is 0 Å². The highest BCUT2D eigenvalue weighted by atomic mass is 35.5. The Morgan fingerprint density at radius 1 is 1.09 bits per heavy atom. The molecular weight excluding hydrogens is 427 g/mol. The van der Waals surface area contributed by atoms with Gasteiger partial charge in [-0.05, 0) is 67.0 Å². The van der Waals surface area contributed by atoms with Gasteiger partial charge in [-0.1, -0.05) is 48.0 Å². The van der Waals surface area contributed by atoms with Gasteiger partial charge in [-0.2, -0.15) is 5.26 Å². The second-order valence-electron chi connectivity index (χ2n) is 7.37. The molecular formula is C25H24ClFN4O. The number of anilines is 1. The molecule has 0 heterocycles. The largest absolute Gasteiger partial charge is 0.337 e. The summed E-state index contributed by atoms with van der Waals surface area (Å²) in [5, 5.41) is 17.8. The fourth-order valence-corrected chi connectivity index (χ4v) is 3.57. The van der Waals surface area contributed by atoms with Crippen LogP contribution in [0.3, 0.4) is 0 Å². The third-order valence-corrected chi connectivity index (χ3v) is 5.43. The van der Waals surface area contributed by atoms with Crippen LogP contribution in [-0.2, 0) is 0 Å². The summed E-state index contributed by atoms with van der Waals surface area (Å²) in [6.07, 6.45) is 0.836. The molecule has 0 aliphatic carbocycles. The topological polar surface area (TPSA) is 76.9 Å².